The molecule has 0 amide bonds. The van der Waals surface area contributed by atoms with Crippen molar-refractivity contribution in [1.29, 1.82) is 0 Å². The predicted molar refractivity (Wildman–Crippen MR) is 80.4 cm³/mol. The maximum absolute atomic E-state index is 13.9. The first-order chi connectivity index (χ1) is 9.74. The molecule has 6 heteroatoms. The minimum absolute atomic E-state index is 0.226. The van der Waals surface area contributed by atoms with Gasteiger partial charge in [0, 0.05) is 49.9 Å². The normalized spacial score (nSPS) is 16.6. The topological polar surface area (TPSA) is 45.4 Å². The van der Waals surface area contributed by atoms with Crippen LogP contribution in [0.5, 0.6) is 0 Å². The van der Waals surface area contributed by atoms with Gasteiger partial charge in [0.05, 0.1) is 5.69 Å². The lowest BCUT2D eigenvalue weighted by Gasteiger charge is -2.34. The van der Waals surface area contributed by atoms with Gasteiger partial charge in [-0.05, 0) is 6.07 Å². The van der Waals surface area contributed by atoms with Crippen LogP contribution in [0.25, 0.3) is 0 Å². The van der Waals surface area contributed by atoms with Gasteiger partial charge in [-0.1, -0.05) is 12.1 Å². The maximum atomic E-state index is 13.9. The standard InChI is InChI=1S/C14H17FN4S/c15-13-11(2-1-3-12(13)16)10-18-5-7-19(8-6-18)14-17-4-9-20-14/h1-4,9H,5-8,10,16H2. The fourth-order valence-corrected chi connectivity index (χ4v) is 3.13. The van der Waals surface area contributed by atoms with Crippen molar-refractivity contribution >= 4 is 22.2 Å². The highest BCUT2D eigenvalue weighted by Crippen LogP contribution is 2.21. The molecule has 2 heterocycles. The molecule has 20 heavy (non-hydrogen) atoms. The number of rotatable bonds is 3. The first-order valence-electron chi connectivity index (χ1n) is 6.63. The number of aromatic nitrogens is 1. The predicted octanol–water partition coefficient (Wildman–Crippen LogP) is 2.19. The highest BCUT2D eigenvalue weighted by molar-refractivity contribution is 7.13. The molecule has 1 aromatic carbocycles. The molecule has 0 unspecified atom stereocenters. The molecule has 4 nitrogen and oxygen atoms in total. The van der Waals surface area contributed by atoms with Crippen LogP contribution in [0.2, 0.25) is 0 Å². The van der Waals surface area contributed by atoms with E-state index in [0.29, 0.717) is 12.1 Å². The van der Waals surface area contributed by atoms with E-state index in [9.17, 15) is 4.39 Å². The van der Waals surface area contributed by atoms with Gasteiger partial charge in [-0.15, -0.1) is 11.3 Å². The van der Waals surface area contributed by atoms with Crippen molar-refractivity contribution in [3.63, 3.8) is 0 Å². The number of nitrogen functional groups attached to an aromatic ring is 1. The van der Waals surface area contributed by atoms with Crippen molar-refractivity contribution < 1.29 is 4.39 Å². The number of nitrogens with zero attached hydrogens (tertiary/aromatic N) is 3. The molecule has 1 saturated heterocycles. The van der Waals surface area contributed by atoms with E-state index in [4.69, 9.17) is 5.73 Å². The van der Waals surface area contributed by atoms with Gasteiger partial charge in [-0.2, -0.15) is 0 Å². The number of anilines is 2. The highest BCUT2D eigenvalue weighted by Gasteiger charge is 2.19. The van der Waals surface area contributed by atoms with Crippen LogP contribution in [-0.4, -0.2) is 36.1 Å². The zero-order valence-corrected chi connectivity index (χ0v) is 11.9. The lowest BCUT2D eigenvalue weighted by Crippen LogP contribution is -2.46. The van der Waals surface area contributed by atoms with Crippen LogP contribution in [0.15, 0.2) is 29.8 Å². The number of hydrogen-bond donors (Lipinski definition) is 1. The Hall–Kier alpha value is -1.66. The second-order valence-corrected chi connectivity index (χ2v) is 5.77. The van der Waals surface area contributed by atoms with Crippen LogP contribution < -0.4 is 10.6 Å². The van der Waals surface area contributed by atoms with Gasteiger partial charge in [0.25, 0.3) is 0 Å². The van der Waals surface area contributed by atoms with Gasteiger partial charge in [-0.25, -0.2) is 9.37 Å². The van der Waals surface area contributed by atoms with Gasteiger partial charge >= 0.3 is 0 Å². The van der Waals surface area contributed by atoms with Crippen LogP contribution >= 0.6 is 11.3 Å². The van der Waals surface area contributed by atoms with E-state index in [-0.39, 0.29) is 11.5 Å². The van der Waals surface area contributed by atoms with E-state index in [1.165, 1.54) is 0 Å². The summed E-state index contributed by atoms with van der Waals surface area (Å²) in [4.78, 5) is 8.85. The molecule has 0 aliphatic carbocycles. The summed E-state index contributed by atoms with van der Waals surface area (Å²) in [6.07, 6.45) is 1.83. The number of thiazole rings is 1. The third-order valence-corrected chi connectivity index (χ3v) is 4.40. The van der Waals surface area contributed by atoms with E-state index in [2.05, 4.69) is 14.8 Å². The Labute approximate surface area is 121 Å². The first-order valence-corrected chi connectivity index (χ1v) is 7.51. The molecule has 0 radical (unpaired) electrons. The molecule has 1 aliphatic heterocycles. The first kappa shape index (κ1) is 13.3. The summed E-state index contributed by atoms with van der Waals surface area (Å²) in [7, 11) is 0. The van der Waals surface area contributed by atoms with Crippen molar-refractivity contribution in [3.05, 3.63) is 41.2 Å². The Kier molecular flexibility index (Phi) is 3.84. The molecule has 106 valence electrons. The molecule has 3 rings (SSSR count). The zero-order valence-electron chi connectivity index (χ0n) is 11.1. The molecule has 0 spiro atoms. The van der Waals surface area contributed by atoms with Gasteiger partial charge < -0.3 is 10.6 Å². The summed E-state index contributed by atoms with van der Waals surface area (Å²) < 4.78 is 13.9. The summed E-state index contributed by atoms with van der Waals surface area (Å²) in [5.41, 5.74) is 6.50. The number of nitrogens with two attached hydrogens (primary N) is 1. The largest absolute Gasteiger partial charge is 0.396 e. The number of hydrogen-bond acceptors (Lipinski definition) is 5. The van der Waals surface area contributed by atoms with Crippen molar-refractivity contribution in [1.82, 2.24) is 9.88 Å². The molecule has 0 bridgehead atoms. The fraction of sp³-hybridized carbons (Fsp3) is 0.357. The van der Waals surface area contributed by atoms with Crippen LogP contribution in [0.4, 0.5) is 15.2 Å². The summed E-state index contributed by atoms with van der Waals surface area (Å²) in [6.45, 7) is 4.29. The van der Waals surface area contributed by atoms with Crippen LogP contribution in [0.1, 0.15) is 5.56 Å². The monoisotopic (exact) mass is 292 g/mol. The van der Waals surface area contributed by atoms with Crippen LogP contribution in [0.3, 0.4) is 0 Å². The Morgan fingerprint density at radius 3 is 2.75 bits per heavy atom. The van der Waals surface area contributed by atoms with E-state index < -0.39 is 0 Å². The van der Waals surface area contributed by atoms with Gasteiger partial charge in [0.15, 0.2) is 10.9 Å². The van der Waals surface area contributed by atoms with Crippen molar-refractivity contribution in [2.75, 3.05) is 36.8 Å². The molecule has 0 atom stereocenters. The molecule has 2 aromatic rings. The smallest absolute Gasteiger partial charge is 0.185 e. The van der Waals surface area contributed by atoms with Crippen molar-refractivity contribution in [2.45, 2.75) is 6.54 Å². The molecular weight excluding hydrogens is 275 g/mol. The molecule has 2 N–H and O–H groups in total. The Morgan fingerprint density at radius 1 is 1.25 bits per heavy atom. The van der Waals surface area contributed by atoms with E-state index in [1.807, 2.05) is 11.6 Å². The highest BCUT2D eigenvalue weighted by atomic mass is 32.1. The van der Waals surface area contributed by atoms with Crippen LogP contribution in [0, 0.1) is 5.82 Å². The number of benzene rings is 1. The average Bonchev–Trinajstić information content (AvgIpc) is 2.99. The minimum Gasteiger partial charge on any atom is -0.396 e. The number of piperazine rings is 1. The molecule has 1 aliphatic rings. The molecule has 0 saturated carbocycles. The van der Waals surface area contributed by atoms with Gasteiger partial charge in [0.1, 0.15) is 0 Å². The van der Waals surface area contributed by atoms with E-state index >= 15 is 0 Å². The Balaban J connectivity index is 1.60. The van der Waals surface area contributed by atoms with Gasteiger partial charge in [-0.3, -0.25) is 4.90 Å². The summed E-state index contributed by atoms with van der Waals surface area (Å²) in [6, 6.07) is 5.21. The van der Waals surface area contributed by atoms with Crippen molar-refractivity contribution in [2.24, 2.45) is 0 Å². The quantitative estimate of drug-likeness (QED) is 0.881. The number of halogens is 1. The second-order valence-electron chi connectivity index (χ2n) is 4.90. The van der Waals surface area contributed by atoms with E-state index in [1.54, 1.807) is 29.5 Å². The summed E-state index contributed by atoms with van der Waals surface area (Å²) in [5, 5.41) is 3.06. The Morgan fingerprint density at radius 2 is 2.05 bits per heavy atom. The molecule has 1 aromatic heterocycles. The van der Waals surface area contributed by atoms with Gasteiger partial charge in [0.2, 0.25) is 0 Å². The van der Waals surface area contributed by atoms with Crippen LogP contribution in [-0.2, 0) is 6.54 Å². The lowest BCUT2D eigenvalue weighted by molar-refractivity contribution is 0.246. The van der Waals surface area contributed by atoms with Crippen molar-refractivity contribution in [3.8, 4) is 0 Å². The lowest BCUT2D eigenvalue weighted by atomic mass is 10.1. The minimum atomic E-state index is -0.283. The summed E-state index contributed by atoms with van der Waals surface area (Å²) >= 11 is 1.66. The second kappa shape index (κ2) is 5.76. The SMILES string of the molecule is Nc1cccc(CN2CCN(c3nccs3)CC2)c1F. The third-order valence-electron chi connectivity index (χ3n) is 3.56. The maximum Gasteiger partial charge on any atom is 0.185 e. The molecular formula is C14H17FN4S. The Bertz CT molecular complexity index is 565. The van der Waals surface area contributed by atoms with E-state index in [0.717, 1.165) is 31.3 Å². The fourth-order valence-electron chi connectivity index (χ4n) is 2.43. The zero-order chi connectivity index (χ0) is 13.9. The average molecular weight is 292 g/mol. The molecule has 1 fully saturated rings. The summed E-state index contributed by atoms with van der Waals surface area (Å²) in [5.74, 6) is -0.283. The third kappa shape index (κ3) is 2.76.